The van der Waals surface area contributed by atoms with Crippen molar-refractivity contribution in [2.45, 2.75) is 32.1 Å². The Morgan fingerprint density at radius 3 is 2.59 bits per heavy atom. The Bertz CT molecular complexity index is 1060. The Morgan fingerprint density at radius 2 is 1.79 bits per heavy atom. The van der Waals surface area contributed by atoms with Crippen molar-refractivity contribution in [1.82, 2.24) is 29.7 Å². The van der Waals surface area contributed by atoms with Gasteiger partial charge in [-0.05, 0) is 68.6 Å². The Kier molecular flexibility index (Phi) is 5.09. The fraction of sp³-hybridized carbons (Fsp3) is 0.348. The number of pyridine rings is 1. The Morgan fingerprint density at radius 1 is 0.966 bits per heavy atom. The molecule has 0 aliphatic carbocycles. The topological polar surface area (TPSA) is 62.1 Å². The van der Waals surface area contributed by atoms with Crippen molar-refractivity contribution in [3.8, 4) is 11.3 Å². The molecule has 0 atom stereocenters. The van der Waals surface area contributed by atoms with Gasteiger partial charge in [-0.1, -0.05) is 30.3 Å². The molecule has 0 bridgehead atoms. The lowest BCUT2D eigenvalue weighted by Crippen LogP contribution is -2.20. The SMILES string of the molecule is c1cc(-c2cn[nH]c2)n2nc(Cc3ccc(CCCN4CCCC4)cc3)nc2c1. The van der Waals surface area contributed by atoms with E-state index < -0.39 is 0 Å². The lowest BCUT2D eigenvalue weighted by Gasteiger charge is -2.13. The molecule has 5 rings (SSSR count). The number of nitrogens with one attached hydrogen (secondary N) is 1. The quantitative estimate of drug-likeness (QED) is 0.526. The van der Waals surface area contributed by atoms with E-state index >= 15 is 0 Å². The number of rotatable bonds is 7. The zero-order valence-corrected chi connectivity index (χ0v) is 16.6. The molecule has 1 N–H and O–H groups in total. The van der Waals surface area contributed by atoms with Gasteiger partial charge in [-0.3, -0.25) is 5.10 Å². The van der Waals surface area contributed by atoms with Crippen molar-refractivity contribution in [2.75, 3.05) is 19.6 Å². The first kappa shape index (κ1) is 18.1. The third-order valence-corrected chi connectivity index (χ3v) is 5.72. The molecule has 1 aliphatic heterocycles. The highest BCUT2D eigenvalue weighted by molar-refractivity contribution is 5.61. The fourth-order valence-electron chi connectivity index (χ4n) is 4.15. The molecule has 29 heavy (non-hydrogen) atoms. The molecule has 0 saturated carbocycles. The average Bonchev–Trinajstić information content (AvgIpc) is 3.50. The monoisotopic (exact) mass is 386 g/mol. The standard InChI is InChI=1S/C23H26N6/c1-2-13-28(12-1)14-4-5-18-8-10-19(11-9-18)15-22-26-23-7-3-6-21(29(23)27-22)20-16-24-25-17-20/h3,6-11,16-17H,1-2,4-5,12-15H2,(H,24,25). The van der Waals surface area contributed by atoms with E-state index in [0.29, 0.717) is 0 Å². The minimum absolute atomic E-state index is 0.737. The number of aromatic nitrogens is 5. The molecule has 0 radical (unpaired) electrons. The largest absolute Gasteiger partial charge is 0.303 e. The minimum atomic E-state index is 0.737. The molecule has 0 amide bonds. The number of nitrogens with zero attached hydrogens (tertiary/aromatic N) is 5. The molecular formula is C23H26N6. The number of fused-ring (bicyclic) bond motifs is 1. The Balaban J connectivity index is 1.25. The van der Waals surface area contributed by atoms with Crippen LogP contribution in [-0.2, 0) is 12.8 Å². The van der Waals surface area contributed by atoms with Gasteiger partial charge in [0.25, 0.3) is 0 Å². The number of aryl methyl sites for hydroxylation is 1. The summed E-state index contributed by atoms with van der Waals surface area (Å²) >= 11 is 0. The van der Waals surface area contributed by atoms with Crippen LogP contribution in [0.5, 0.6) is 0 Å². The van der Waals surface area contributed by atoms with Gasteiger partial charge in [0.15, 0.2) is 11.5 Å². The van der Waals surface area contributed by atoms with E-state index in [-0.39, 0.29) is 0 Å². The summed E-state index contributed by atoms with van der Waals surface area (Å²) in [5.74, 6) is 0.836. The van der Waals surface area contributed by atoms with Gasteiger partial charge in [0.05, 0.1) is 11.9 Å². The van der Waals surface area contributed by atoms with Crippen LogP contribution in [-0.4, -0.2) is 49.3 Å². The summed E-state index contributed by atoms with van der Waals surface area (Å²) in [7, 11) is 0. The van der Waals surface area contributed by atoms with E-state index in [2.05, 4.69) is 39.4 Å². The van der Waals surface area contributed by atoms with E-state index in [9.17, 15) is 0 Å². The van der Waals surface area contributed by atoms with Crippen molar-refractivity contribution in [2.24, 2.45) is 0 Å². The summed E-state index contributed by atoms with van der Waals surface area (Å²) in [6.45, 7) is 3.80. The van der Waals surface area contributed by atoms with Crippen LogP contribution in [0.1, 0.15) is 36.2 Å². The number of hydrogen-bond acceptors (Lipinski definition) is 4. The van der Waals surface area contributed by atoms with Gasteiger partial charge < -0.3 is 4.90 Å². The molecule has 0 unspecified atom stereocenters. The number of hydrogen-bond donors (Lipinski definition) is 1. The van der Waals surface area contributed by atoms with E-state index in [1.165, 1.54) is 50.0 Å². The summed E-state index contributed by atoms with van der Waals surface area (Å²) in [5, 5.41) is 11.6. The number of likely N-dealkylation sites (tertiary alicyclic amines) is 1. The van der Waals surface area contributed by atoms with Gasteiger partial charge in [0, 0.05) is 18.2 Å². The molecule has 3 aromatic heterocycles. The smallest absolute Gasteiger partial charge is 0.156 e. The molecule has 1 aromatic carbocycles. The first-order valence-corrected chi connectivity index (χ1v) is 10.5. The molecule has 4 aromatic rings. The third kappa shape index (κ3) is 4.07. The minimum Gasteiger partial charge on any atom is -0.303 e. The van der Waals surface area contributed by atoms with Crippen molar-refractivity contribution >= 4 is 5.65 Å². The highest BCUT2D eigenvalue weighted by Crippen LogP contribution is 2.19. The van der Waals surface area contributed by atoms with Crippen LogP contribution >= 0.6 is 0 Å². The van der Waals surface area contributed by atoms with Crippen molar-refractivity contribution in [3.63, 3.8) is 0 Å². The van der Waals surface area contributed by atoms with Gasteiger partial charge in [-0.25, -0.2) is 9.50 Å². The molecular weight excluding hydrogens is 360 g/mol. The second kappa shape index (κ2) is 8.17. The van der Waals surface area contributed by atoms with Crippen molar-refractivity contribution in [1.29, 1.82) is 0 Å². The molecule has 148 valence electrons. The van der Waals surface area contributed by atoms with Gasteiger partial charge in [-0.15, -0.1) is 0 Å². The molecule has 6 heteroatoms. The predicted molar refractivity (Wildman–Crippen MR) is 114 cm³/mol. The first-order valence-electron chi connectivity index (χ1n) is 10.5. The fourth-order valence-corrected chi connectivity index (χ4v) is 4.15. The van der Waals surface area contributed by atoms with Gasteiger partial charge >= 0.3 is 0 Å². The highest BCUT2D eigenvalue weighted by Gasteiger charge is 2.11. The molecule has 6 nitrogen and oxygen atoms in total. The van der Waals surface area contributed by atoms with Crippen LogP contribution in [0.25, 0.3) is 16.9 Å². The van der Waals surface area contributed by atoms with E-state index in [1.54, 1.807) is 6.20 Å². The number of aromatic amines is 1. The highest BCUT2D eigenvalue weighted by atomic mass is 15.3. The average molecular weight is 387 g/mol. The van der Waals surface area contributed by atoms with Gasteiger partial charge in [-0.2, -0.15) is 10.2 Å². The van der Waals surface area contributed by atoms with Crippen LogP contribution in [0.15, 0.2) is 54.9 Å². The summed E-state index contributed by atoms with van der Waals surface area (Å²) < 4.78 is 1.90. The predicted octanol–water partition coefficient (Wildman–Crippen LogP) is 3.74. The first-order chi connectivity index (χ1) is 14.3. The van der Waals surface area contributed by atoms with Crippen LogP contribution in [0.2, 0.25) is 0 Å². The Labute approximate surface area is 170 Å². The zero-order valence-electron chi connectivity index (χ0n) is 16.6. The summed E-state index contributed by atoms with van der Waals surface area (Å²) in [6.07, 6.45) is 9.55. The van der Waals surface area contributed by atoms with Crippen LogP contribution < -0.4 is 0 Å². The van der Waals surface area contributed by atoms with E-state index in [4.69, 9.17) is 10.1 Å². The van der Waals surface area contributed by atoms with Crippen LogP contribution in [0.4, 0.5) is 0 Å². The second-order valence-corrected chi connectivity index (χ2v) is 7.84. The zero-order chi connectivity index (χ0) is 19.5. The molecule has 4 heterocycles. The van der Waals surface area contributed by atoms with Crippen molar-refractivity contribution in [3.05, 3.63) is 71.8 Å². The lowest BCUT2D eigenvalue weighted by molar-refractivity contribution is 0.334. The Hall–Kier alpha value is -2.99. The maximum absolute atomic E-state index is 4.74. The summed E-state index contributed by atoms with van der Waals surface area (Å²) in [5.41, 5.74) is 5.51. The molecule has 1 saturated heterocycles. The molecule has 1 aliphatic rings. The maximum atomic E-state index is 4.74. The second-order valence-electron chi connectivity index (χ2n) is 7.84. The molecule has 1 fully saturated rings. The molecule has 0 spiro atoms. The maximum Gasteiger partial charge on any atom is 0.156 e. The van der Waals surface area contributed by atoms with Crippen LogP contribution in [0, 0.1) is 0 Å². The van der Waals surface area contributed by atoms with Crippen molar-refractivity contribution < 1.29 is 0 Å². The van der Waals surface area contributed by atoms with Gasteiger partial charge in [0.2, 0.25) is 0 Å². The van der Waals surface area contributed by atoms with E-state index in [1.807, 2.05) is 28.9 Å². The number of H-pyrrole nitrogens is 1. The lowest BCUT2D eigenvalue weighted by atomic mass is 10.1. The summed E-state index contributed by atoms with van der Waals surface area (Å²) in [4.78, 5) is 7.29. The van der Waals surface area contributed by atoms with E-state index in [0.717, 1.165) is 35.6 Å². The summed E-state index contributed by atoms with van der Waals surface area (Å²) in [6, 6.07) is 15.0. The van der Waals surface area contributed by atoms with Crippen LogP contribution in [0.3, 0.4) is 0 Å². The third-order valence-electron chi connectivity index (χ3n) is 5.72. The van der Waals surface area contributed by atoms with Gasteiger partial charge in [0.1, 0.15) is 0 Å². The normalized spacial score (nSPS) is 14.8. The number of benzene rings is 1.